The SMILES string of the molecule is CC[C@@H](C)Oc1cc2c(cc1OC)CC(=O)N(c1ccc(C(C)NC3CCC(N)CC3)cc1)C2c1ccc(Cl)cc1. The smallest absolute Gasteiger partial charge is 0.232 e. The lowest BCUT2D eigenvalue weighted by atomic mass is 9.86. The lowest BCUT2D eigenvalue weighted by molar-refractivity contribution is -0.118. The molecule has 0 radical (unpaired) electrons. The third-order valence-corrected chi connectivity index (χ3v) is 8.86. The van der Waals surface area contributed by atoms with Gasteiger partial charge in [-0.1, -0.05) is 42.8 Å². The van der Waals surface area contributed by atoms with E-state index >= 15 is 0 Å². The maximum Gasteiger partial charge on any atom is 0.232 e. The number of rotatable bonds is 9. The lowest BCUT2D eigenvalue weighted by Gasteiger charge is -2.38. The van der Waals surface area contributed by atoms with Crippen LogP contribution < -0.4 is 25.4 Å². The summed E-state index contributed by atoms with van der Waals surface area (Å²) in [4.78, 5) is 15.7. The van der Waals surface area contributed by atoms with E-state index in [9.17, 15) is 4.79 Å². The van der Waals surface area contributed by atoms with E-state index in [1.165, 1.54) is 5.56 Å². The maximum absolute atomic E-state index is 13.8. The number of nitrogens with two attached hydrogens (primary N) is 1. The van der Waals surface area contributed by atoms with Crippen molar-refractivity contribution < 1.29 is 14.3 Å². The zero-order valence-corrected chi connectivity index (χ0v) is 25.3. The molecule has 1 heterocycles. The highest BCUT2D eigenvalue weighted by molar-refractivity contribution is 6.30. The number of carbonyl (C=O) groups excluding carboxylic acids is 1. The third kappa shape index (κ3) is 6.56. The lowest BCUT2D eigenvalue weighted by Crippen LogP contribution is -2.41. The fraction of sp³-hybridized carbons (Fsp3) is 0.441. The van der Waals surface area contributed by atoms with Gasteiger partial charge in [0.15, 0.2) is 11.5 Å². The Kier molecular flexibility index (Phi) is 9.22. The Balaban J connectivity index is 1.49. The Bertz CT molecular complexity index is 1340. The molecule has 1 aliphatic heterocycles. The van der Waals surface area contributed by atoms with Crippen molar-refractivity contribution in [1.29, 1.82) is 0 Å². The van der Waals surface area contributed by atoms with Gasteiger partial charge in [0, 0.05) is 28.8 Å². The van der Waals surface area contributed by atoms with Gasteiger partial charge in [-0.25, -0.2) is 0 Å². The van der Waals surface area contributed by atoms with Crippen LogP contribution in [-0.2, 0) is 11.2 Å². The van der Waals surface area contributed by atoms with Crippen LogP contribution in [0, 0.1) is 0 Å². The fourth-order valence-electron chi connectivity index (χ4n) is 6.03. The molecule has 218 valence electrons. The molecule has 1 fully saturated rings. The van der Waals surface area contributed by atoms with E-state index in [0.29, 0.717) is 28.6 Å². The summed E-state index contributed by atoms with van der Waals surface area (Å²) in [6, 6.07) is 20.9. The van der Waals surface area contributed by atoms with E-state index in [-0.39, 0.29) is 30.5 Å². The summed E-state index contributed by atoms with van der Waals surface area (Å²) in [7, 11) is 1.64. The van der Waals surface area contributed by atoms with Gasteiger partial charge < -0.3 is 25.4 Å². The second-order valence-electron chi connectivity index (χ2n) is 11.5. The molecule has 3 atom stereocenters. The van der Waals surface area contributed by atoms with Crippen molar-refractivity contribution in [2.75, 3.05) is 12.0 Å². The zero-order chi connectivity index (χ0) is 29.1. The number of hydrogen-bond donors (Lipinski definition) is 2. The molecule has 1 aliphatic carbocycles. The Morgan fingerprint density at radius 3 is 2.32 bits per heavy atom. The van der Waals surface area contributed by atoms with Gasteiger partial charge in [-0.15, -0.1) is 0 Å². The number of anilines is 1. The number of ether oxygens (including phenoxy) is 2. The first-order chi connectivity index (χ1) is 19.8. The third-order valence-electron chi connectivity index (χ3n) is 8.61. The molecular formula is C34H42ClN3O3. The van der Waals surface area contributed by atoms with Crippen molar-refractivity contribution in [3.05, 3.63) is 87.9 Å². The molecule has 3 aromatic rings. The standard InChI is InChI=1S/C34H42ClN3O3/c1-5-21(2)41-32-20-30-25(18-31(32)40-4)19-33(39)38(34(30)24-6-10-26(35)11-7-24)29-16-8-23(9-17-29)22(3)37-28-14-12-27(36)13-15-28/h6-11,16-18,20-22,27-28,34,37H,5,12-15,19,36H2,1-4H3/t21-,22?,27?,28?,34?/m1/s1. The molecule has 0 bridgehead atoms. The largest absolute Gasteiger partial charge is 0.493 e. The molecule has 5 rings (SSSR count). The first-order valence-corrected chi connectivity index (χ1v) is 15.2. The monoisotopic (exact) mass is 575 g/mol. The summed E-state index contributed by atoms with van der Waals surface area (Å²) in [5.74, 6) is 1.37. The van der Waals surface area contributed by atoms with Crippen LogP contribution in [0.15, 0.2) is 60.7 Å². The van der Waals surface area contributed by atoms with Gasteiger partial charge in [-0.2, -0.15) is 0 Å². The van der Waals surface area contributed by atoms with Crippen LogP contribution in [0.3, 0.4) is 0 Å². The second-order valence-corrected chi connectivity index (χ2v) is 12.0. The highest BCUT2D eigenvalue weighted by Crippen LogP contribution is 2.44. The summed E-state index contributed by atoms with van der Waals surface area (Å²) in [6.07, 6.45) is 5.56. The van der Waals surface area contributed by atoms with E-state index < -0.39 is 0 Å². The molecular weight excluding hydrogens is 534 g/mol. The van der Waals surface area contributed by atoms with Crippen molar-refractivity contribution in [1.82, 2.24) is 5.32 Å². The van der Waals surface area contributed by atoms with Crippen molar-refractivity contribution in [3.63, 3.8) is 0 Å². The molecule has 1 saturated carbocycles. The van der Waals surface area contributed by atoms with Gasteiger partial charge in [0.25, 0.3) is 0 Å². The number of fused-ring (bicyclic) bond motifs is 1. The average molecular weight is 576 g/mol. The first kappa shape index (κ1) is 29.4. The van der Waals surface area contributed by atoms with Crippen LogP contribution in [0.4, 0.5) is 5.69 Å². The topological polar surface area (TPSA) is 76.8 Å². The fourth-order valence-corrected chi connectivity index (χ4v) is 6.16. The molecule has 2 aliphatic rings. The minimum atomic E-state index is -0.332. The van der Waals surface area contributed by atoms with Crippen LogP contribution in [-0.4, -0.2) is 31.2 Å². The zero-order valence-electron chi connectivity index (χ0n) is 24.5. The highest BCUT2D eigenvalue weighted by atomic mass is 35.5. The predicted octanol–water partition coefficient (Wildman–Crippen LogP) is 7.13. The highest BCUT2D eigenvalue weighted by Gasteiger charge is 2.36. The van der Waals surface area contributed by atoms with E-state index in [1.54, 1.807) is 7.11 Å². The van der Waals surface area contributed by atoms with Crippen molar-refractivity contribution in [2.45, 2.75) is 89.6 Å². The molecule has 41 heavy (non-hydrogen) atoms. The van der Waals surface area contributed by atoms with Gasteiger partial charge in [-0.05, 0) is 105 Å². The number of nitrogens with one attached hydrogen (secondary N) is 1. The summed E-state index contributed by atoms with van der Waals surface area (Å²) in [6.45, 7) is 6.34. The average Bonchev–Trinajstić information content (AvgIpc) is 2.98. The van der Waals surface area contributed by atoms with Crippen LogP contribution >= 0.6 is 11.6 Å². The maximum atomic E-state index is 13.8. The second kappa shape index (κ2) is 12.8. The number of methoxy groups -OCH3 is 1. The first-order valence-electron chi connectivity index (χ1n) is 14.8. The van der Waals surface area contributed by atoms with Crippen LogP contribution in [0.25, 0.3) is 0 Å². The molecule has 0 spiro atoms. The number of benzene rings is 3. The molecule has 7 heteroatoms. The number of nitrogens with zero attached hydrogens (tertiary/aromatic N) is 1. The number of hydrogen-bond acceptors (Lipinski definition) is 5. The van der Waals surface area contributed by atoms with Crippen molar-refractivity contribution in [2.24, 2.45) is 5.73 Å². The molecule has 6 nitrogen and oxygen atoms in total. The van der Waals surface area contributed by atoms with Gasteiger partial charge in [0.05, 0.1) is 25.7 Å². The van der Waals surface area contributed by atoms with Crippen molar-refractivity contribution >= 4 is 23.2 Å². The van der Waals surface area contributed by atoms with Gasteiger partial charge in [0.2, 0.25) is 5.91 Å². The Morgan fingerprint density at radius 2 is 1.68 bits per heavy atom. The Labute approximate surface area is 249 Å². The van der Waals surface area contributed by atoms with Gasteiger partial charge >= 0.3 is 0 Å². The number of carbonyl (C=O) groups is 1. The summed E-state index contributed by atoms with van der Waals surface area (Å²) in [5.41, 5.74) is 11.1. The van der Waals surface area contributed by atoms with Gasteiger partial charge in [-0.3, -0.25) is 4.79 Å². The summed E-state index contributed by atoms with van der Waals surface area (Å²) < 4.78 is 11.9. The molecule has 0 saturated heterocycles. The quantitative estimate of drug-likeness (QED) is 0.284. The predicted molar refractivity (Wildman–Crippen MR) is 166 cm³/mol. The number of amides is 1. The molecule has 0 aromatic heterocycles. The normalized spacial score (nSPS) is 22.1. The Hall–Kier alpha value is -3.06. The molecule has 3 N–H and O–H groups in total. The van der Waals surface area contributed by atoms with Crippen LogP contribution in [0.1, 0.15) is 87.2 Å². The minimum absolute atomic E-state index is 0.0331. The molecule has 1 amide bonds. The summed E-state index contributed by atoms with van der Waals surface area (Å²) >= 11 is 6.27. The van der Waals surface area contributed by atoms with E-state index in [0.717, 1.165) is 54.5 Å². The van der Waals surface area contributed by atoms with Crippen molar-refractivity contribution in [3.8, 4) is 11.5 Å². The Morgan fingerprint density at radius 1 is 1.00 bits per heavy atom. The van der Waals surface area contributed by atoms with E-state index in [1.807, 2.05) is 42.2 Å². The van der Waals surface area contributed by atoms with Gasteiger partial charge in [0.1, 0.15) is 0 Å². The molecule has 2 unspecified atom stereocenters. The minimum Gasteiger partial charge on any atom is -0.493 e. The summed E-state index contributed by atoms with van der Waals surface area (Å²) in [5, 5.41) is 4.44. The van der Waals surface area contributed by atoms with Crippen LogP contribution in [0.2, 0.25) is 5.02 Å². The number of halogens is 1. The van der Waals surface area contributed by atoms with Crippen LogP contribution in [0.5, 0.6) is 11.5 Å². The van der Waals surface area contributed by atoms with E-state index in [4.69, 9.17) is 26.8 Å². The molecule has 3 aromatic carbocycles. The van der Waals surface area contributed by atoms with E-state index in [2.05, 4.69) is 49.5 Å².